The van der Waals surface area contributed by atoms with Crippen LogP contribution in [0.3, 0.4) is 0 Å². The summed E-state index contributed by atoms with van der Waals surface area (Å²) >= 11 is 0. The van der Waals surface area contributed by atoms with E-state index < -0.39 is 0 Å². The van der Waals surface area contributed by atoms with Gasteiger partial charge in [0.15, 0.2) is 0 Å². The normalized spacial score (nSPS) is 18.0. The van der Waals surface area contributed by atoms with Gasteiger partial charge in [-0.05, 0) is 70.4 Å². The summed E-state index contributed by atoms with van der Waals surface area (Å²) in [6.45, 7) is 6.90. The predicted molar refractivity (Wildman–Crippen MR) is 120 cm³/mol. The molecule has 0 spiro atoms. The van der Waals surface area contributed by atoms with E-state index in [-0.39, 0.29) is 11.6 Å². The fourth-order valence-corrected chi connectivity index (χ4v) is 4.27. The van der Waals surface area contributed by atoms with Crippen LogP contribution in [-0.4, -0.2) is 57.8 Å². The SMILES string of the molecule is CCOc1ccc2c(c1)/C(=N/n1cc(O)n(CCCCN3CCCCC3)c1=O)CCO2. The number of hydrogen-bond acceptors (Lipinski definition) is 6. The molecule has 1 fully saturated rings. The molecule has 0 amide bonds. The topological polar surface area (TPSA) is 81.2 Å². The van der Waals surface area contributed by atoms with E-state index in [4.69, 9.17) is 9.47 Å². The first-order valence-corrected chi connectivity index (χ1v) is 11.4. The first kappa shape index (κ1) is 21.5. The van der Waals surface area contributed by atoms with Crippen molar-refractivity contribution >= 4 is 5.71 Å². The van der Waals surface area contributed by atoms with Crippen molar-refractivity contribution in [2.45, 2.75) is 52.0 Å². The van der Waals surface area contributed by atoms with Crippen molar-refractivity contribution in [3.05, 3.63) is 40.4 Å². The second-order valence-corrected chi connectivity index (χ2v) is 8.11. The Morgan fingerprint density at radius 3 is 2.77 bits per heavy atom. The molecular weight excluding hydrogens is 396 g/mol. The summed E-state index contributed by atoms with van der Waals surface area (Å²) in [5, 5.41) is 14.9. The third kappa shape index (κ3) is 5.12. The van der Waals surface area contributed by atoms with Crippen molar-refractivity contribution in [2.75, 3.05) is 32.8 Å². The summed E-state index contributed by atoms with van der Waals surface area (Å²) in [6, 6.07) is 5.62. The first-order valence-electron chi connectivity index (χ1n) is 11.4. The van der Waals surface area contributed by atoms with Crippen LogP contribution < -0.4 is 15.2 Å². The van der Waals surface area contributed by atoms with E-state index in [0.717, 1.165) is 42.2 Å². The molecule has 2 aliphatic heterocycles. The number of imidazole rings is 1. The standard InChI is InChI=1S/C23H32N4O4/c1-2-30-18-8-9-21-19(16-18)20(10-15-31-21)24-27-17-22(28)26(23(27)29)14-7-6-13-25-11-4-3-5-12-25/h8-9,16-17,28H,2-7,10-15H2,1H3/b24-20+. The van der Waals surface area contributed by atoms with E-state index >= 15 is 0 Å². The van der Waals surface area contributed by atoms with E-state index in [0.29, 0.717) is 26.2 Å². The van der Waals surface area contributed by atoms with Crippen LogP contribution in [0.4, 0.5) is 0 Å². The molecule has 1 aromatic heterocycles. The number of piperidine rings is 1. The molecule has 0 bridgehead atoms. The van der Waals surface area contributed by atoms with Gasteiger partial charge >= 0.3 is 5.69 Å². The summed E-state index contributed by atoms with van der Waals surface area (Å²) in [4.78, 5) is 15.3. The molecule has 0 aliphatic carbocycles. The molecule has 1 saturated heterocycles. The average Bonchev–Trinajstić information content (AvgIpc) is 3.05. The summed E-state index contributed by atoms with van der Waals surface area (Å²) in [5.74, 6) is 1.41. The fourth-order valence-electron chi connectivity index (χ4n) is 4.27. The number of aromatic nitrogens is 2. The zero-order chi connectivity index (χ0) is 21.6. The maximum Gasteiger partial charge on any atom is 0.351 e. The second-order valence-electron chi connectivity index (χ2n) is 8.11. The molecule has 168 valence electrons. The minimum atomic E-state index is -0.322. The highest BCUT2D eigenvalue weighted by molar-refractivity contribution is 6.04. The lowest BCUT2D eigenvalue weighted by molar-refractivity contribution is 0.223. The van der Waals surface area contributed by atoms with Crippen LogP contribution in [0.5, 0.6) is 17.4 Å². The molecule has 0 unspecified atom stereocenters. The quantitative estimate of drug-likeness (QED) is 0.654. The number of rotatable bonds is 8. The van der Waals surface area contributed by atoms with E-state index in [1.54, 1.807) is 0 Å². The number of benzene rings is 1. The van der Waals surface area contributed by atoms with E-state index in [9.17, 15) is 9.90 Å². The maximum atomic E-state index is 12.8. The highest BCUT2D eigenvalue weighted by atomic mass is 16.5. The number of hydrogen-bond donors (Lipinski definition) is 1. The molecule has 0 atom stereocenters. The van der Waals surface area contributed by atoms with Crippen molar-refractivity contribution in [1.29, 1.82) is 0 Å². The molecule has 31 heavy (non-hydrogen) atoms. The number of fused-ring (bicyclic) bond motifs is 1. The molecule has 2 aliphatic rings. The Morgan fingerprint density at radius 1 is 1.16 bits per heavy atom. The van der Waals surface area contributed by atoms with Gasteiger partial charge in [-0.2, -0.15) is 9.78 Å². The van der Waals surface area contributed by atoms with Crippen molar-refractivity contribution < 1.29 is 14.6 Å². The lowest BCUT2D eigenvalue weighted by atomic mass is 10.0. The van der Waals surface area contributed by atoms with Gasteiger partial charge in [-0.25, -0.2) is 4.79 Å². The van der Waals surface area contributed by atoms with Crippen LogP contribution >= 0.6 is 0 Å². The Kier molecular flexibility index (Phi) is 6.96. The Balaban J connectivity index is 1.46. The van der Waals surface area contributed by atoms with E-state index in [1.807, 2.05) is 25.1 Å². The zero-order valence-electron chi connectivity index (χ0n) is 18.3. The fraction of sp³-hybridized carbons (Fsp3) is 0.565. The molecule has 3 heterocycles. The van der Waals surface area contributed by atoms with Gasteiger partial charge < -0.3 is 19.5 Å². The minimum absolute atomic E-state index is 0.0531. The minimum Gasteiger partial charge on any atom is -0.494 e. The maximum absolute atomic E-state index is 12.8. The molecule has 4 rings (SSSR count). The van der Waals surface area contributed by atoms with E-state index in [2.05, 4.69) is 10.0 Å². The van der Waals surface area contributed by atoms with Gasteiger partial charge in [-0.15, -0.1) is 0 Å². The molecule has 1 aromatic carbocycles. The van der Waals surface area contributed by atoms with Crippen molar-refractivity contribution in [1.82, 2.24) is 14.1 Å². The van der Waals surface area contributed by atoms with Crippen LogP contribution in [0.15, 0.2) is 34.3 Å². The Labute approximate surface area is 182 Å². The first-order chi connectivity index (χ1) is 15.2. The van der Waals surface area contributed by atoms with Crippen LogP contribution in [-0.2, 0) is 6.54 Å². The lowest BCUT2D eigenvalue weighted by Crippen LogP contribution is -2.31. The zero-order valence-corrected chi connectivity index (χ0v) is 18.3. The van der Waals surface area contributed by atoms with Crippen molar-refractivity contribution in [3.63, 3.8) is 0 Å². The average molecular weight is 429 g/mol. The lowest BCUT2D eigenvalue weighted by Gasteiger charge is -2.26. The third-order valence-electron chi connectivity index (χ3n) is 5.89. The monoisotopic (exact) mass is 428 g/mol. The van der Waals surface area contributed by atoms with Crippen LogP contribution in [0, 0.1) is 0 Å². The van der Waals surface area contributed by atoms with Gasteiger partial charge in [-0.1, -0.05) is 6.42 Å². The predicted octanol–water partition coefficient (Wildman–Crippen LogP) is 3.06. The Hall–Kier alpha value is -2.74. The number of ether oxygens (including phenoxy) is 2. The smallest absolute Gasteiger partial charge is 0.351 e. The highest BCUT2D eigenvalue weighted by Gasteiger charge is 2.19. The number of nitrogens with zero attached hydrogens (tertiary/aromatic N) is 4. The van der Waals surface area contributed by atoms with Crippen molar-refractivity contribution in [3.8, 4) is 17.4 Å². The molecule has 0 radical (unpaired) electrons. The largest absolute Gasteiger partial charge is 0.494 e. The van der Waals surface area contributed by atoms with Gasteiger partial charge in [-0.3, -0.25) is 4.57 Å². The van der Waals surface area contributed by atoms with Crippen LogP contribution in [0.25, 0.3) is 0 Å². The van der Waals surface area contributed by atoms with Gasteiger partial charge in [0.2, 0.25) is 5.88 Å². The molecule has 1 N–H and O–H groups in total. The number of likely N-dealkylation sites (tertiary alicyclic amines) is 1. The highest BCUT2D eigenvalue weighted by Crippen LogP contribution is 2.29. The number of unbranched alkanes of at least 4 members (excludes halogenated alkanes) is 1. The summed E-state index contributed by atoms with van der Waals surface area (Å²) in [7, 11) is 0. The second kappa shape index (κ2) is 10.0. The summed E-state index contributed by atoms with van der Waals surface area (Å²) in [6.07, 6.45) is 7.72. The molecule has 8 nitrogen and oxygen atoms in total. The number of aromatic hydroxyl groups is 1. The molecule has 0 saturated carbocycles. The molecular formula is C23H32N4O4. The van der Waals surface area contributed by atoms with Crippen LogP contribution in [0.1, 0.15) is 51.0 Å². The Morgan fingerprint density at radius 2 is 1.97 bits per heavy atom. The van der Waals surface area contributed by atoms with Gasteiger partial charge in [0.25, 0.3) is 0 Å². The third-order valence-corrected chi connectivity index (χ3v) is 5.89. The van der Waals surface area contributed by atoms with Crippen LogP contribution in [0.2, 0.25) is 0 Å². The van der Waals surface area contributed by atoms with Gasteiger partial charge in [0, 0.05) is 18.5 Å². The van der Waals surface area contributed by atoms with Crippen molar-refractivity contribution in [2.24, 2.45) is 5.10 Å². The van der Waals surface area contributed by atoms with E-state index in [1.165, 1.54) is 47.8 Å². The van der Waals surface area contributed by atoms with Gasteiger partial charge in [0.05, 0.1) is 25.1 Å². The molecule has 2 aromatic rings. The summed E-state index contributed by atoms with van der Waals surface area (Å²) < 4.78 is 13.9. The summed E-state index contributed by atoms with van der Waals surface area (Å²) in [5.41, 5.74) is 1.24. The Bertz CT molecular complexity index is 972. The van der Waals surface area contributed by atoms with Gasteiger partial charge in [0.1, 0.15) is 11.5 Å². The molecule has 8 heteroatoms.